The van der Waals surface area contributed by atoms with Crippen molar-refractivity contribution in [3.05, 3.63) is 70.5 Å². The first-order chi connectivity index (χ1) is 14.4. The van der Waals surface area contributed by atoms with Crippen LogP contribution in [-0.4, -0.2) is 42.5 Å². The van der Waals surface area contributed by atoms with Crippen LogP contribution in [0.4, 0.5) is 4.39 Å². The summed E-state index contributed by atoms with van der Waals surface area (Å²) in [6, 6.07) is 12.3. The maximum Gasteiger partial charge on any atom is 0.242 e. The smallest absolute Gasteiger partial charge is 0.242 e. The molecule has 2 aromatic rings. The van der Waals surface area contributed by atoms with Gasteiger partial charge in [0.05, 0.1) is 6.42 Å². The molecule has 0 bridgehead atoms. The third kappa shape index (κ3) is 7.76. The highest BCUT2D eigenvalue weighted by molar-refractivity contribution is 6.30. The Balaban J connectivity index is 2.08. The lowest BCUT2D eigenvalue weighted by molar-refractivity contribution is -0.140. The number of nitrogens with zero attached hydrogens (tertiary/aromatic N) is 1. The standard InChI is InChI=1S/C23H28ClFN2O3/c1-3-30-14-4-13-26-23(29)17(2)27(16-19-7-11-21(25)12-8-19)22(28)15-18-5-9-20(24)10-6-18/h5-12,17H,3-4,13-16H2,1-2H3,(H,26,29)/t17-/m0/s1. The number of benzene rings is 2. The Morgan fingerprint density at radius 3 is 2.37 bits per heavy atom. The Bertz CT molecular complexity index is 812. The monoisotopic (exact) mass is 434 g/mol. The van der Waals surface area contributed by atoms with Crippen LogP contribution >= 0.6 is 11.6 Å². The zero-order valence-electron chi connectivity index (χ0n) is 17.4. The summed E-state index contributed by atoms with van der Waals surface area (Å²) in [4.78, 5) is 27.2. The molecular weight excluding hydrogens is 407 g/mol. The highest BCUT2D eigenvalue weighted by atomic mass is 35.5. The number of rotatable bonds is 11. The predicted octanol–water partition coefficient (Wildman–Crippen LogP) is 3.98. The van der Waals surface area contributed by atoms with Crippen LogP contribution in [0.3, 0.4) is 0 Å². The van der Waals surface area contributed by atoms with Crippen molar-refractivity contribution < 1.29 is 18.7 Å². The molecule has 2 rings (SSSR count). The molecule has 2 aromatic carbocycles. The van der Waals surface area contributed by atoms with Gasteiger partial charge in [0.15, 0.2) is 0 Å². The van der Waals surface area contributed by atoms with Crippen molar-refractivity contribution in [1.29, 1.82) is 0 Å². The van der Waals surface area contributed by atoms with Crippen LogP contribution in [0.5, 0.6) is 0 Å². The average Bonchev–Trinajstić information content (AvgIpc) is 2.74. The van der Waals surface area contributed by atoms with Crippen molar-refractivity contribution in [2.75, 3.05) is 19.8 Å². The van der Waals surface area contributed by atoms with E-state index in [1.54, 1.807) is 43.3 Å². The number of hydrogen-bond acceptors (Lipinski definition) is 3. The quantitative estimate of drug-likeness (QED) is 0.544. The lowest BCUT2D eigenvalue weighted by atomic mass is 10.1. The van der Waals surface area contributed by atoms with E-state index in [2.05, 4.69) is 5.32 Å². The lowest BCUT2D eigenvalue weighted by Crippen LogP contribution is -2.48. The van der Waals surface area contributed by atoms with Crippen LogP contribution in [0.25, 0.3) is 0 Å². The first-order valence-corrected chi connectivity index (χ1v) is 10.4. The number of halogens is 2. The van der Waals surface area contributed by atoms with Gasteiger partial charge < -0.3 is 15.0 Å². The molecule has 30 heavy (non-hydrogen) atoms. The van der Waals surface area contributed by atoms with Gasteiger partial charge in [-0.15, -0.1) is 0 Å². The van der Waals surface area contributed by atoms with Crippen LogP contribution in [0.2, 0.25) is 5.02 Å². The molecule has 5 nitrogen and oxygen atoms in total. The summed E-state index contributed by atoms with van der Waals surface area (Å²) in [7, 11) is 0. The van der Waals surface area contributed by atoms with Crippen LogP contribution in [-0.2, 0) is 27.3 Å². The minimum absolute atomic E-state index is 0.139. The Hall–Kier alpha value is -2.44. The number of carbonyl (C=O) groups excluding carboxylic acids is 2. The fourth-order valence-electron chi connectivity index (χ4n) is 2.93. The van der Waals surface area contributed by atoms with Gasteiger partial charge >= 0.3 is 0 Å². The molecule has 0 aliphatic heterocycles. The topological polar surface area (TPSA) is 58.6 Å². The maximum atomic E-state index is 13.3. The zero-order valence-corrected chi connectivity index (χ0v) is 18.1. The van der Waals surface area contributed by atoms with E-state index in [9.17, 15) is 14.0 Å². The Morgan fingerprint density at radius 1 is 1.10 bits per heavy atom. The molecule has 7 heteroatoms. The Labute approximate surface area is 182 Å². The van der Waals surface area contributed by atoms with Gasteiger partial charge in [0.25, 0.3) is 0 Å². The second kappa shape index (κ2) is 12.3. The molecule has 0 radical (unpaired) electrons. The molecule has 162 valence electrons. The molecule has 0 heterocycles. The van der Waals surface area contributed by atoms with E-state index >= 15 is 0 Å². The summed E-state index contributed by atoms with van der Waals surface area (Å²) in [6.07, 6.45) is 0.837. The van der Waals surface area contributed by atoms with Gasteiger partial charge in [0.2, 0.25) is 11.8 Å². The van der Waals surface area contributed by atoms with E-state index in [1.165, 1.54) is 17.0 Å². The fourth-order valence-corrected chi connectivity index (χ4v) is 3.05. The van der Waals surface area contributed by atoms with Crippen molar-refractivity contribution in [3.63, 3.8) is 0 Å². The van der Waals surface area contributed by atoms with Crippen molar-refractivity contribution in [1.82, 2.24) is 10.2 Å². The number of hydrogen-bond donors (Lipinski definition) is 1. The fraction of sp³-hybridized carbons (Fsp3) is 0.391. The van der Waals surface area contributed by atoms with Crippen molar-refractivity contribution in [2.24, 2.45) is 0 Å². The van der Waals surface area contributed by atoms with Gasteiger partial charge in [0.1, 0.15) is 11.9 Å². The highest BCUT2D eigenvalue weighted by Crippen LogP contribution is 2.15. The average molecular weight is 435 g/mol. The van der Waals surface area contributed by atoms with Gasteiger partial charge in [0, 0.05) is 31.3 Å². The number of ether oxygens (including phenoxy) is 1. The van der Waals surface area contributed by atoms with E-state index in [-0.39, 0.29) is 30.6 Å². The summed E-state index contributed by atoms with van der Waals surface area (Å²) in [5, 5.41) is 3.44. The zero-order chi connectivity index (χ0) is 21.9. The molecule has 0 aliphatic carbocycles. The molecule has 0 aliphatic rings. The first-order valence-electron chi connectivity index (χ1n) is 10.0. The van der Waals surface area contributed by atoms with Crippen LogP contribution in [0.15, 0.2) is 48.5 Å². The molecule has 0 aromatic heterocycles. The minimum Gasteiger partial charge on any atom is -0.382 e. The van der Waals surface area contributed by atoms with E-state index in [1.807, 2.05) is 6.92 Å². The maximum absolute atomic E-state index is 13.3. The molecule has 2 amide bonds. The molecule has 0 spiro atoms. The summed E-state index contributed by atoms with van der Waals surface area (Å²) < 4.78 is 18.5. The summed E-state index contributed by atoms with van der Waals surface area (Å²) in [5.41, 5.74) is 1.55. The van der Waals surface area contributed by atoms with Crippen LogP contribution in [0.1, 0.15) is 31.4 Å². The second-order valence-corrected chi connectivity index (χ2v) is 7.41. The summed E-state index contributed by atoms with van der Waals surface area (Å²) in [6.45, 7) is 5.50. The highest BCUT2D eigenvalue weighted by Gasteiger charge is 2.26. The van der Waals surface area contributed by atoms with Crippen LogP contribution < -0.4 is 5.32 Å². The summed E-state index contributed by atoms with van der Waals surface area (Å²) in [5.74, 6) is -0.783. The Morgan fingerprint density at radius 2 is 1.73 bits per heavy atom. The van der Waals surface area contributed by atoms with E-state index in [0.717, 1.165) is 11.1 Å². The third-order valence-corrected chi connectivity index (χ3v) is 4.92. The van der Waals surface area contributed by atoms with Crippen molar-refractivity contribution in [2.45, 2.75) is 39.3 Å². The molecule has 0 saturated heterocycles. The molecule has 0 saturated carbocycles. The molecular formula is C23H28ClFN2O3. The van der Waals surface area contributed by atoms with E-state index in [0.29, 0.717) is 31.2 Å². The number of amides is 2. The van der Waals surface area contributed by atoms with Gasteiger partial charge in [-0.05, 0) is 55.7 Å². The molecule has 0 fully saturated rings. The van der Waals surface area contributed by atoms with Crippen molar-refractivity contribution in [3.8, 4) is 0 Å². The van der Waals surface area contributed by atoms with Gasteiger partial charge in [-0.2, -0.15) is 0 Å². The normalized spacial score (nSPS) is 11.7. The van der Waals surface area contributed by atoms with Crippen molar-refractivity contribution >= 4 is 23.4 Å². The minimum atomic E-state index is -0.679. The second-order valence-electron chi connectivity index (χ2n) is 6.97. The first kappa shape index (κ1) is 23.8. The van der Waals surface area contributed by atoms with Gasteiger partial charge in [-0.3, -0.25) is 9.59 Å². The van der Waals surface area contributed by atoms with E-state index < -0.39 is 6.04 Å². The Kier molecular flexibility index (Phi) is 9.77. The largest absolute Gasteiger partial charge is 0.382 e. The van der Waals surface area contributed by atoms with E-state index in [4.69, 9.17) is 16.3 Å². The summed E-state index contributed by atoms with van der Waals surface area (Å²) >= 11 is 5.92. The third-order valence-electron chi connectivity index (χ3n) is 4.67. The predicted molar refractivity (Wildman–Crippen MR) is 116 cm³/mol. The SMILES string of the molecule is CCOCCCNC(=O)[C@H](C)N(Cc1ccc(F)cc1)C(=O)Cc1ccc(Cl)cc1. The van der Waals surface area contributed by atoms with Gasteiger partial charge in [-0.25, -0.2) is 4.39 Å². The molecule has 1 N–H and O–H groups in total. The molecule has 0 unspecified atom stereocenters. The number of carbonyl (C=O) groups is 2. The molecule has 1 atom stereocenters. The number of nitrogens with one attached hydrogen (secondary N) is 1. The van der Waals surface area contributed by atoms with Gasteiger partial charge in [-0.1, -0.05) is 35.9 Å². The lowest BCUT2D eigenvalue weighted by Gasteiger charge is -2.29. The van der Waals surface area contributed by atoms with Crippen LogP contribution in [0, 0.1) is 5.82 Å².